The highest BCUT2D eigenvalue weighted by Gasteiger charge is 2.28. The summed E-state index contributed by atoms with van der Waals surface area (Å²) in [6, 6.07) is 1.99. The molecule has 0 atom stereocenters. The molecule has 2 fully saturated rings. The highest BCUT2D eigenvalue weighted by molar-refractivity contribution is 6.06. The van der Waals surface area contributed by atoms with Crippen LogP contribution in [0.3, 0.4) is 0 Å². The molecular weight excluding hydrogens is 326 g/mol. The highest BCUT2D eigenvalue weighted by Crippen LogP contribution is 2.40. The van der Waals surface area contributed by atoms with E-state index in [1.807, 2.05) is 20.0 Å². The average molecular weight is 355 g/mol. The Morgan fingerprint density at radius 2 is 2.04 bits per heavy atom. The molecule has 1 amide bonds. The third kappa shape index (κ3) is 3.61. The number of rotatable bonds is 6. The van der Waals surface area contributed by atoms with Crippen LogP contribution in [-0.4, -0.2) is 51.8 Å². The number of pyridine rings is 1. The summed E-state index contributed by atoms with van der Waals surface area (Å²) < 4.78 is 1.80. The molecule has 1 saturated heterocycles. The van der Waals surface area contributed by atoms with Gasteiger partial charge < -0.3 is 10.2 Å². The first-order valence-electron chi connectivity index (χ1n) is 9.98. The van der Waals surface area contributed by atoms with Gasteiger partial charge in [-0.3, -0.25) is 9.48 Å². The number of carbonyl (C=O) groups is 1. The summed E-state index contributed by atoms with van der Waals surface area (Å²) in [6.45, 7) is 6.16. The van der Waals surface area contributed by atoms with Crippen molar-refractivity contribution in [1.82, 2.24) is 25.0 Å². The van der Waals surface area contributed by atoms with E-state index >= 15 is 0 Å². The third-order valence-corrected chi connectivity index (χ3v) is 5.61. The normalized spacial score (nSPS) is 18.4. The number of aryl methyl sites for hydroxylation is 2. The molecule has 0 radical (unpaired) electrons. The second kappa shape index (κ2) is 7.35. The Balaban J connectivity index is 1.45. The fourth-order valence-electron chi connectivity index (χ4n) is 4.01. The van der Waals surface area contributed by atoms with Gasteiger partial charge in [0.15, 0.2) is 5.65 Å². The van der Waals surface area contributed by atoms with Gasteiger partial charge in [0, 0.05) is 25.2 Å². The summed E-state index contributed by atoms with van der Waals surface area (Å²) in [5.74, 6) is 0.523. The van der Waals surface area contributed by atoms with Crippen molar-refractivity contribution in [2.45, 2.75) is 51.4 Å². The quantitative estimate of drug-likeness (QED) is 0.810. The fraction of sp³-hybridized carbons (Fsp3) is 0.650. The van der Waals surface area contributed by atoms with Crippen LogP contribution in [0.25, 0.3) is 11.0 Å². The predicted octanol–water partition coefficient (Wildman–Crippen LogP) is 2.76. The Morgan fingerprint density at radius 1 is 1.27 bits per heavy atom. The van der Waals surface area contributed by atoms with Crippen molar-refractivity contribution in [3.8, 4) is 0 Å². The van der Waals surface area contributed by atoms with E-state index in [1.54, 1.807) is 4.68 Å². The minimum absolute atomic E-state index is 0.00837. The number of nitrogens with zero attached hydrogens (tertiary/aromatic N) is 4. The van der Waals surface area contributed by atoms with Crippen LogP contribution >= 0.6 is 0 Å². The van der Waals surface area contributed by atoms with Crippen LogP contribution in [0.5, 0.6) is 0 Å². The van der Waals surface area contributed by atoms with Crippen LogP contribution in [-0.2, 0) is 7.05 Å². The van der Waals surface area contributed by atoms with Crippen molar-refractivity contribution in [3.05, 3.63) is 23.0 Å². The van der Waals surface area contributed by atoms with Crippen LogP contribution in [0.4, 0.5) is 0 Å². The molecule has 4 rings (SSSR count). The Kier molecular flexibility index (Phi) is 4.94. The third-order valence-electron chi connectivity index (χ3n) is 5.61. The summed E-state index contributed by atoms with van der Waals surface area (Å²) in [6.07, 6.45) is 7.33. The van der Waals surface area contributed by atoms with Crippen molar-refractivity contribution < 1.29 is 4.79 Å². The van der Waals surface area contributed by atoms with Gasteiger partial charge in [0.1, 0.15) is 0 Å². The minimum Gasteiger partial charge on any atom is -0.352 e. The summed E-state index contributed by atoms with van der Waals surface area (Å²) in [7, 11) is 1.90. The lowest BCUT2D eigenvalue weighted by Gasteiger charge is -2.26. The molecule has 1 aliphatic heterocycles. The van der Waals surface area contributed by atoms with Gasteiger partial charge in [-0.05, 0) is 64.7 Å². The number of nitrogens with one attached hydrogen (secondary N) is 1. The SMILES string of the molecule is Cc1nn(C)c2nc(C3CC3)cc(C(=O)NCCCN3CCCCC3)c12. The van der Waals surface area contributed by atoms with Gasteiger partial charge >= 0.3 is 0 Å². The Morgan fingerprint density at radius 3 is 2.77 bits per heavy atom. The topological polar surface area (TPSA) is 63.1 Å². The van der Waals surface area contributed by atoms with Gasteiger partial charge in [-0.2, -0.15) is 5.10 Å². The molecule has 6 nitrogen and oxygen atoms in total. The molecule has 2 aromatic rings. The molecule has 3 heterocycles. The molecule has 0 unspecified atom stereocenters. The van der Waals surface area contributed by atoms with E-state index < -0.39 is 0 Å². The lowest BCUT2D eigenvalue weighted by atomic mass is 10.1. The van der Waals surface area contributed by atoms with E-state index in [9.17, 15) is 4.79 Å². The standard InChI is InChI=1S/C20H29N5O/c1-14-18-16(13-17(15-7-8-15)22-19(18)24(2)23-14)20(26)21-9-6-12-25-10-4-3-5-11-25/h13,15H,3-12H2,1-2H3,(H,21,26). The number of amides is 1. The first-order chi connectivity index (χ1) is 12.6. The summed E-state index contributed by atoms with van der Waals surface area (Å²) in [5, 5.41) is 8.50. The molecule has 1 N–H and O–H groups in total. The number of likely N-dealkylation sites (tertiary alicyclic amines) is 1. The van der Waals surface area contributed by atoms with Gasteiger partial charge in [-0.25, -0.2) is 4.98 Å². The second-order valence-electron chi connectivity index (χ2n) is 7.79. The lowest BCUT2D eigenvalue weighted by molar-refractivity contribution is 0.0952. The van der Waals surface area contributed by atoms with Crippen molar-refractivity contribution >= 4 is 16.9 Å². The molecule has 0 bridgehead atoms. The second-order valence-corrected chi connectivity index (χ2v) is 7.79. The lowest BCUT2D eigenvalue weighted by Crippen LogP contribution is -2.33. The van der Waals surface area contributed by atoms with Crippen LogP contribution in [0, 0.1) is 6.92 Å². The molecule has 6 heteroatoms. The number of carbonyl (C=O) groups excluding carboxylic acids is 1. The van der Waals surface area contributed by atoms with Crippen LogP contribution < -0.4 is 5.32 Å². The van der Waals surface area contributed by atoms with Gasteiger partial charge in [0.2, 0.25) is 0 Å². The maximum Gasteiger partial charge on any atom is 0.252 e. The van der Waals surface area contributed by atoms with Crippen molar-refractivity contribution in [1.29, 1.82) is 0 Å². The molecule has 1 aliphatic carbocycles. The number of hydrogen-bond donors (Lipinski definition) is 1. The Hall–Kier alpha value is -1.95. The van der Waals surface area contributed by atoms with E-state index in [0.29, 0.717) is 5.92 Å². The van der Waals surface area contributed by atoms with Gasteiger partial charge in [0.05, 0.1) is 16.6 Å². The molecule has 2 aromatic heterocycles. The zero-order valence-electron chi connectivity index (χ0n) is 15.9. The van der Waals surface area contributed by atoms with E-state index in [0.717, 1.165) is 47.5 Å². The smallest absolute Gasteiger partial charge is 0.252 e. The summed E-state index contributed by atoms with van der Waals surface area (Å²) in [5.41, 5.74) is 3.47. The highest BCUT2D eigenvalue weighted by atomic mass is 16.1. The largest absolute Gasteiger partial charge is 0.352 e. The molecule has 0 aromatic carbocycles. The summed E-state index contributed by atoms with van der Waals surface area (Å²) >= 11 is 0. The van der Waals surface area contributed by atoms with E-state index in [4.69, 9.17) is 4.98 Å². The number of aromatic nitrogens is 3. The first kappa shape index (κ1) is 17.5. The fourth-order valence-corrected chi connectivity index (χ4v) is 4.01. The molecule has 0 spiro atoms. The summed E-state index contributed by atoms with van der Waals surface area (Å²) in [4.78, 5) is 20.2. The first-order valence-corrected chi connectivity index (χ1v) is 9.98. The average Bonchev–Trinajstić information content (AvgIpc) is 3.46. The van der Waals surface area contributed by atoms with Crippen LogP contribution in [0.2, 0.25) is 0 Å². The van der Waals surface area contributed by atoms with Crippen molar-refractivity contribution in [2.75, 3.05) is 26.2 Å². The monoisotopic (exact) mass is 355 g/mol. The van der Waals surface area contributed by atoms with Gasteiger partial charge in [-0.1, -0.05) is 6.42 Å². The van der Waals surface area contributed by atoms with E-state index in [-0.39, 0.29) is 5.91 Å². The molecule has 1 saturated carbocycles. The number of piperidine rings is 1. The molecule has 2 aliphatic rings. The van der Waals surface area contributed by atoms with Gasteiger partial charge in [-0.15, -0.1) is 0 Å². The van der Waals surface area contributed by atoms with Crippen molar-refractivity contribution in [2.24, 2.45) is 7.05 Å². The van der Waals surface area contributed by atoms with Crippen LogP contribution in [0.1, 0.15) is 66.2 Å². The van der Waals surface area contributed by atoms with Crippen molar-refractivity contribution in [3.63, 3.8) is 0 Å². The molecular formula is C20H29N5O. The van der Waals surface area contributed by atoms with Crippen LogP contribution in [0.15, 0.2) is 6.07 Å². The predicted molar refractivity (Wildman–Crippen MR) is 102 cm³/mol. The Bertz CT molecular complexity index is 802. The Labute approximate surface area is 155 Å². The zero-order chi connectivity index (χ0) is 18.1. The number of fused-ring (bicyclic) bond motifs is 1. The molecule has 26 heavy (non-hydrogen) atoms. The van der Waals surface area contributed by atoms with E-state index in [2.05, 4.69) is 15.3 Å². The number of hydrogen-bond acceptors (Lipinski definition) is 4. The maximum atomic E-state index is 12.9. The molecule has 140 valence electrons. The zero-order valence-corrected chi connectivity index (χ0v) is 15.9. The maximum absolute atomic E-state index is 12.9. The van der Waals surface area contributed by atoms with Gasteiger partial charge in [0.25, 0.3) is 5.91 Å². The van der Waals surface area contributed by atoms with E-state index in [1.165, 1.54) is 45.2 Å². The minimum atomic E-state index is 0.00837.